The van der Waals surface area contributed by atoms with Gasteiger partial charge in [-0.05, 0) is 48.8 Å². The second-order valence-electron chi connectivity index (χ2n) is 5.51. The van der Waals surface area contributed by atoms with Gasteiger partial charge in [0.2, 0.25) is 0 Å². The van der Waals surface area contributed by atoms with Gasteiger partial charge in [0, 0.05) is 4.47 Å². The van der Waals surface area contributed by atoms with Gasteiger partial charge in [-0.15, -0.1) is 0 Å². The van der Waals surface area contributed by atoms with Crippen molar-refractivity contribution in [3.8, 4) is 0 Å². The number of halogens is 1. The molecule has 0 aliphatic carbocycles. The van der Waals surface area contributed by atoms with Crippen LogP contribution in [0.4, 0.5) is 11.4 Å². The molecule has 1 N–H and O–H groups in total. The molecular weight excluding hydrogens is 396 g/mol. The minimum absolute atomic E-state index is 0.00348. The number of carbonyl (C=O) groups excluding carboxylic acids is 2. The fourth-order valence-electron chi connectivity index (χ4n) is 1.74. The molecule has 0 amide bonds. The maximum Gasteiger partial charge on any atom is 0.344 e. The van der Waals surface area contributed by atoms with E-state index >= 15 is 0 Å². The molecule has 0 heterocycles. The summed E-state index contributed by atoms with van der Waals surface area (Å²) in [6, 6.07) is 2.73. The topological polar surface area (TPSA) is 108 Å². The first-order chi connectivity index (χ1) is 11.6. The normalized spacial score (nSPS) is 10.2. The summed E-state index contributed by atoms with van der Waals surface area (Å²) in [5.41, 5.74) is -1.36. The Kier molecular flexibility index (Phi) is 9.11. The van der Waals surface area contributed by atoms with E-state index in [2.05, 4.69) is 26.0 Å². The molecule has 1 aromatic rings. The van der Waals surface area contributed by atoms with E-state index in [1.165, 1.54) is 12.1 Å². The Morgan fingerprint density at radius 2 is 1.84 bits per heavy atom. The van der Waals surface area contributed by atoms with E-state index in [1.54, 1.807) is 20.8 Å². The number of methoxy groups -OCH3 is 1. The van der Waals surface area contributed by atoms with Crippen LogP contribution in [-0.4, -0.2) is 36.1 Å². The third-order valence-electron chi connectivity index (χ3n) is 2.54. The molecular formula is C16H23BrN2O6. The molecule has 0 saturated carbocycles. The van der Waals surface area contributed by atoms with E-state index in [0.29, 0.717) is 4.47 Å². The molecule has 0 unspecified atom stereocenters. The van der Waals surface area contributed by atoms with Gasteiger partial charge in [-0.25, -0.2) is 4.79 Å². The predicted octanol–water partition coefficient (Wildman–Crippen LogP) is 3.92. The zero-order valence-corrected chi connectivity index (χ0v) is 16.7. The largest absolute Gasteiger partial charge is 0.465 e. The number of nitro benzene ring substituents is 1. The molecule has 0 atom stereocenters. The van der Waals surface area contributed by atoms with Crippen LogP contribution in [-0.2, 0) is 14.3 Å². The van der Waals surface area contributed by atoms with Gasteiger partial charge in [0.1, 0.15) is 23.4 Å². The Balaban J connectivity index is 0.00000277. The zero-order chi connectivity index (χ0) is 19.8. The van der Waals surface area contributed by atoms with Crippen molar-refractivity contribution in [2.75, 3.05) is 19.0 Å². The highest BCUT2D eigenvalue weighted by atomic mass is 79.9. The van der Waals surface area contributed by atoms with Crippen molar-refractivity contribution in [3.63, 3.8) is 0 Å². The Morgan fingerprint density at radius 3 is 2.28 bits per heavy atom. The monoisotopic (exact) mass is 418 g/mol. The van der Waals surface area contributed by atoms with Crippen LogP contribution < -0.4 is 5.32 Å². The number of nitrogens with one attached hydrogen (secondary N) is 1. The smallest absolute Gasteiger partial charge is 0.344 e. The van der Waals surface area contributed by atoms with E-state index < -0.39 is 28.2 Å². The van der Waals surface area contributed by atoms with E-state index in [1.807, 2.05) is 13.8 Å². The van der Waals surface area contributed by atoms with Gasteiger partial charge in [-0.1, -0.05) is 13.8 Å². The number of ether oxygens (including phenoxy) is 2. The average molecular weight is 419 g/mol. The summed E-state index contributed by atoms with van der Waals surface area (Å²) in [6.45, 7) is 8.84. The number of rotatable bonds is 5. The second kappa shape index (κ2) is 9.97. The lowest BCUT2D eigenvalue weighted by Crippen LogP contribution is -2.28. The lowest BCUT2D eigenvalue weighted by Gasteiger charge is -2.20. The second-order valence-corrected chi connectivity index (χ2v) is 6.36. The molecule has 140 valence electrons. The summed E-state index contributed by atoms with van der Waals surface area (Å²) in [6.07, 6.45) is 0. The molecule has 1 rings (SSSR count). The molecule has 0 aromatic heterocycles. The molecule has 8 nitrogen and oxygen atoms in total. The molecule has 0 fully saturated rings. The van der Waals surface area contributed by atoms with Crippen LogP contribution in [0.5, 0.6) is 0 Å². The quantitative estimate of drug-likeness (QED) is 0.438. The third-order valence-corrected chi connectivity index (χ3v) is 3.21. The van der Waals surface area contributed by atoms with Crippen molar-refractivity contribution in [1.29, 1.82) is 0 Å². The van der Waals surface area contributed by atoms with Crippen molar-refractivity contribution in [2.45, 2.75) is 40.2 Å². The summed E-state index contributed by atoms with van der Waals surface area (Å²) in [5.74, 6) is -1.42. The van der Waals surface area contributed by atoms with Crippen molar-refractivity contribution in [3.05, 3.63) is 32.3 Å². The minimum Gasteiger partial charge on any atom is -0.465 e. The number of benzene rings is 1. The maximum absolute atomic E-state index is 11.7. The van der Waals surface area contributed by atoms with Crippen molar-refractivity contribution in [2.24, 2.45) is 0 Å². The van der Waals surface area contributed by atoms with Gasteiger partial charge in [-0.2, -0.15) is 0 Å². The fourth-order valence-corrected chi connectivity index (χ4v) is 2.20. The number of nitro groups is 1. The van der Waals surface area contributed by atoms with E-state index in [0.717, 1.165) is 7.11 Å². The van der Waals surface area contributed by atoms with Gasteiger partial charge in [0.25, 0.3) is 0 Å². The highest BCUT2D eigenvalue weighted by molar-refractivity contribution is 9.10. The highest BCUT2D eigenvalue weighted by Gasteiger charge is 2.28. The first kappa shape index (κ1) is 22.8. The zero-order valence-electron chi connectivity index (χ0n) is 15.1. The Labute approximate surface area is 155 Å². The first-order valence-corrected chi connectivity index (χ1v) is 8.37. The van der Waals surface area contributed by atoms with Crippen LogP contribution in [0.2, 0.25) is 0 Å². The van der Waals surface area contributed by atoms with Crippen LogP contribution in [0, 0.1) is 10.1 Å². The number of carbonyl (C=O) groups is 2. The molecule has 0 radical (unpaired) electrons. The Bertz CT molecular complexity index is 640. The molecule has 0 aliphatic rings. The summed E-state index contributed by atoms with van der Waals surface area (Å²) in [7, 11) is 1.13. The van der Waals surface area contributed by atoms with E-state index in [-0.39, 0.29) is 17.8 Å². The van der Waals surface area contributed by atoms with Crippen LogP contribution >= 0.6 is 15.9 Å². The van der Waals surface area contributed by atoms with Crippen LogP contribution in [0.25, 0.3) is 0 Å². The standard InChI is InChI=1S/C14H17BrN2O6.C2H6/c1-14(2,3)23-10(18)7-16-11-9(15)6-5-8(13(19)22-4)12(11)17(20)21;1-2/h5-6,16H,7H2,1-4H3;1-2H3. The molecule has 1 aromatic carbocycles. The van der Waals surface area contributed by atoms with Crippen molar-refractivity contribution < 1.29 is 24.0 Å². The highest BCUT2D eigenvalue weighted by Crippen LogP contribution is 2.36. The summed E-state index contributed by atoms with van der Waals surface area (Å²) in [5, 5.41) is 13.9. The average Bonchev–Trinajstić information content (AvgIpc) is 2.52. The lowest BCUT2D eigenvalue weighted by atomic mass is 10.1. The minimum atomic E-state index is -0.843. The van der Waals surface area contributed by atoms with Crippen LogP contribution in [0.15, 0.2) is 16.6 Å². The SMILES string of the molecule is CC.COC(=O)c1ccc(Br)c(NCC(=O)OC(C)(C)C)c1[N+](=O)[O-]. The molecule has 0 aliphatic heterocycles. The molecule has 0 bridgehead atoms. The van der Waals surface area contributed by atoms with Crippen molar-refractivity contribution in [1.82, 2.24) is 0 Å². The number of anilines is 1. The van der Waals surface area contributed by atoms with Crippen LogP contribution in [0.3, 0.4) is 0 Å². The van der Waals surface area contributed by atoms with Gasteiger partial charge < -0.3 is 14.8 Å². The van der Waals surface area contributed by atoms with Crippen LogP contribution in [0.1, 0.15) is 45.0 Å². The predicted molar refractivity (Wildman–Crippen MR) is 97.8 cm³/mol. The van der Waals surface area contributed by atoms with Gasteiger partial charge in [0.05, 0.1) is 12.0 Å². The molecule has 0 saturated heterocycles. The summed E-state index contributed by atoms with van der Waals surface area (Å²) in [4.78, 5) is 34.0. The maximum atomic E-state index is 11.7. The van der Waals surface area contributed by atoms with Gasteiger partial charge in [-0.3, -0.25) is 14.9 Å². The molecule has 9 heteroatoms. The number of hydrogen-bond acceptors (Lipinski definition) is 7. The van der Waals surface area contributed by atoms with Gasteiger partial charge in [0.15, 0.2) is 0 Å². The van der Waals surface area contributed by atoms with E-state index in [9.17, 15) is 19.7 Å². The molecule has 25 heavy (non-hydrogen) atoms. The number of nitrogens with zero attached hydrogens (tertiary/aromatic N) is 1. The number of esters is 2. The van der Waals surface area contributed by atoms with Gasteiger partial charge >= 0.3 is 17.6 Å². The third kappa shape index (κ3) is 7.08. The molecule has 0 spiro atoms. The fraction of sp³-hybridized carbons (Fsp3) is 0.500. The number of hydrogen-bond donors (Lipinski definition) is 1. The Morgan fingerprint density at radius 1 is 1.28 bits per heavy atom. The first-order valence-electron chi connectivity index (χ1n) is 7.57. The van der Waals surface area contributed by atoms with Crippen molar-refractivity contribution >= 4 is 39.2 Å². The van der Waals surface area contributed by atoms with E-state index in [4.69, 9.17) is 4.74 Å². The lowest BCUT2D eigenvalue weighted by molar-refractivity contribution is -0.384. The Hall–Kier alpha value is -2.16. The summed E-state index contributed by atoms with van der Waals surface area (Å²) < 4.78 is 9.99. The summed E-state index contributed by atoms with van der Waals surface area (Å²) >= 11 is 3.16.